The van der Waals surface area contributed by atoms with E-state index in [0.29, 0.717) is 22.7 Å². The second kappa shape index (κ2) is 5.63. The highest BCUT2D eigenvalue weighted by molar-refractivity contribution is 5.96. The molecule has 6 heteroatoms. The predicted molar refractivity (Wildman–Crippen MR) is 92.6 cm³/mol. The van der Waals surface area contributed by atoms with Crippen LogP contribution in [0, 0.1) is 0 Å². The summed E-state index contributed by atoms with van der Waals surface area (Å²) < 4.78 is 1.60. The molecule has 1 unspecified atom stereocenters. The van der Waals surface area contributed by atoms with Gasteiger partial charge in [0.1, 0.15) is 0 Å². The van der Waals surface area contributed by atoms with Crippen molar-refractivity contribution in [3.63, 3.8) is 0 Å². The van der Waals surface area contributed by atoms with Crippen LogP contribution in [-0.2, 0) is 0 Å². The highest BCUT2D eigenvalue weighted by Gasteiger charge is 2.26. The molecular formula is C18H19N5O. The molecule has 0 radical (unpaired) electrons. The number of benzene rings is 1. The van der Waals surface area contributed by atoms with Crippen LogP contribution in [0.25, 0.3) is 17.0 Å². The Morgan fingerprint density at radius 2 is 2.08 bits per heavy atom. The average molecular weight is 321 g/mol. The van der Waals surface area contributed by atoms with Gasteiger partial charge in [-0.1, -0.05) is 30.3 Å². The first-order chi connectivity index (χ1) is 11.6. The minimum atomic E-state index is 0.00496. The van der Waals surface area contributed by atoms with E-state index in [1.807, 2.05) is 35.2 Å². The van der Waals surface area contributed by atoms with E-state index in [9.17, 15) is 4.79 Å². The molecule has 1 aliphatic heterocycles. The third-order valence-corrected chi connectivity index (χ3v) is 4.55. The summed E-state index contributed by atoms with van der Waals surface area (Å²) in [4.78, 5) is 19.1. The first-order valence-corrected chi connectivity index (χ1v) is 8.16. The van der Waals surface area contributed by atoms with Crippen LogP contribution in [0.1, 0.15) is 30.1 Å². The molecule has 1 atom stereocenters. The SMILES string of the molecule is CC1CCCN1C(=O)c1cc(N)c2nc(-c3ccccc3)nn2c1. The van der Waals surface area contributed by atoms with Gasteiger partial charge in [-0.25, -0.2) is 9.50 Å². The number of nitrogens with two attached hydrogens (primary N) is 1. The molecule has 1 saturated heterocycles. The van der Waals surface area contributed by atoms with Crippen LogP contribution in [0.5, 0.6) is 0 Å². The molecule has 1 aromatic carbocycles. The van der Waals surface area contributed by atoms with Crippen molar-refractivity contribution in [3.8, 4) is 11.4 Å². The van der Waals surface area contributed by atoms with Crippen molar-refractivity contribution in [3.05, 3.63) is 48.2 Å². The van der Waals surface area contributed by atoms with Crippen molar-refractivity contribution >= 4 is 17.2 Å². The van der Waals surface area contributed by atoms with Crippen molar-refractivity contribution in [1.82, 2.24) is 19.5 Å². The van der Waals surface area contributed by atoms with Crippen LogP contribution in [-0.4, -0.2) is 38.0 Å². The molecule has 6 nitrogen and oxygen atoms in total. The zero-order valence-corrected chi connectivity index (χ0v) is 13.5. The number of rotatable bonds is 2. The minimum absolute atomic E-state index is 0.00496. The number of pyridine rings is 1. The zero-order chi connectivity index (χ0) is 16.7. The Balaban J connectivity index is 1.76. The number of likely N-dealkylation sites (tertiary alicyclic amines) is 1. The third kappa shape index (κ3) is 2.40. The Morgan fingerprint density at radius 3 is 2.79 bits per heavy atom. The smallest absolute Gasteiger partial charge is 0.255 e. The van der Waals surface area contributed by atoms with E-state index in [4.69, 9.17) is 5.73 Å². The molecule has 3 heterocycles. The summed E-state index contributed by atoms with van der Waals surface area (Å²) in [5.74, 6) is 0.604. The monoisotopic (exact) mass is 321 g/mol. The lowest BCUT2D eigenvalue weighted by atomic mass is 10.2. The summed E-state index contributed by atoms with van der Waals surface area (Å²) in [5, 5.41) is 4.49. The standard InChI is InChI=1S/C18H19N5O/c1-12-6-5-9-22(12)18(24)14-10-15(19)17-20-16(21-23(17)11-14)13-7-3-2-4-8-13/h2-4,7-8,10-12H,5-6,9,19H2,1H3. The number of amides is 1. The summed E-state index contributed by atoms with van der Waals surface area (Å²) in [7, 11) is 0. The summed E-state index contributed by atoms with van der Waals surface area (Å²) in [5.41, 5.74) is 8.63. The summed E-state index contributed by atoms with van der Waals surface area (Å²) in [6.45, 7) is 2.88. The molecule has 1 amide bonds. The number of aromatic nitrogens is 3. The highest BCUT2D eigenvalue weighted by atomic mass is 16.2. The molecular weight excluding hydrogens is 302 g/mol. The Morgan fingerprint density at radius 1 is 1.29 bits per heavy atom. The summed E-state index contributed by atoms with van der Waals surface area (Å²) >= 11 is 0. The van der Waals surface area contributed by atoms with Crippen molar-refractivity contribution in [1.29, 1.82) is 0 Å². The van der Waals surface area contributed by atoms with Crippen molar-refractivity contribution in [2.45, 2.75) is 25.8 Å². The summed E-state index contributed by atoms with van der Waals surface area (Å²) in [6, 6.07) is 11.7. The van der Waals surface area contributed by atoms with Gasteiger partial charge in [0.2, 0.25) is 0 Å². The number of hydrogen-bond acceptors (Lipinski definition) is 4. The predicted octanol–water partition coefficient (Wildman–Crippen LogP) is 2.60. The highest BCUT2D eigenvalue weighted by Crippen LogP contribution is 2.23. The fraction of sp³-hybridized carbons (Fsp3) is 0.278. The molecule has 24 heavy (non-hydrogen) atoms. The number of nitrogens with zero attached hydrogens (tertiary/aromatic N) is 4. The van der Waals surface area contributed by atoms with E-state index in [1.54, 1.807) is 16.8 Å². The van der Waals surface area contributed by atoms with Gasteiger partial charge in [0, 0.05) is 24.3 Å². The van der Waals surface area contributed by atoms with E-state index in [2.05, 4.69) is 17.0 Å². The third-order valence-electron chi connectivity index (χ3n) is 4.55. The Bertz CT molecular complexity index is 902. The molecule has 1 fully saturated rings. The van der Waals surface area contributed by atoms with Gasteiger partial charge >= 0.3 is 0 Å². The maximum Gasteiger partial charge on any atom is 0.255 e. The molecule has 0 saturated carbocycles. The quantitative estimate of drug-likeness (QED) is 0.787. The molecule has 1 aliphatic rings. The van der Waals surface area contributed by atoms with Crippen LogP contribution in [0.4, 0.5) is 5.69 Å². The maximum absolute atomic E-state index is 12.7. The van der Waals surface area contributed by atoms with Crippen molar-refractivity contribution in [2.75, 3.05) is 12.3 Å². The maximum atomic E-state index is 12.7. The van der Waals surface area contributed by atoms with Gasteiger partial charge < -0.3 is 10.6 Å². The van der Waals surface area contributed by atoms with Gasteiger partial charge in [0.25, 0.3) is 5.91 Å². The fourth-order valence-electron chi connectivity index (χ4n) is 3.24. The number of fused-ring (bicyclic) bond motifs is 1. The Hall–Kier alpha value is -2.89. The number of nitrogen functional groups attached to an aromatic ring is 1. The molecule has 0 aliphatic carbocycles. The Kier molecular flexibility index (Phi) is 3.45. The fourth-order valence-corrected chi connectivity index (χ4v) is 3.24. The van der Waals surface area contributed by atoms with Gasteiger partial charge in [0.15, 0.2) is 11.5 Å². The van der Waals surface area contributed by atoms with E-state index < -0.39 is 0 Å². The molecule has 0 spiro atoms. The molecule has 0 bridgehead atoms. The number of anilines is 1. The molecule has 2 N–H and O–H groups in total. The van der Waals surface area contributed by atoms with Gasteiger partial charge in [-0.05, 0) is 25.8 Å². The van der Waals surface area contributed by atoms with Crippen LogP contribution in [0.2, 0.25) is 0 Å². The molecule has 4 rings (SSSR count). The van der Waals surface area contributed by atoms with Gasteiger partial charge in [-0.3, -0.25) is 4.79 Å². The average Bonchev–Trinajstić information content (AvgIpc) is 3.21. The lowest BCUT2D eigenvalue weighted by Crippen LogP contribution is -2.33. The Labute approximate surface area is 139 Å². The van der Waals surface area contributed by atoms with Crippen molar-refractivity contribution in [2.24, 2.45) is 0 Å². The van der Waals surface area contributed by atoms with E-state index in [1.165, 1.54) is 0 Å². The van der Waals surface area contributed by atoms with Gasteiger partial charge in [-0.2, -0.15) is 0 Å². The second-order valence-corrected chi connectivity index (χ2v) is 6.24. The summed E-state index contributed by atoms with van der Waals surface area (Å²) in [6.07, 6.45) is 3.82. The largest absolute Gasteiger partial charge is 0.396 e. The van der Waals surface area contributed by atoms with E-state index in [-0.39, 0.29) is 11.9 Å². The lowest BCUT2D eigenvalue weighted by molar-refractivity contribution is 0.0747. The molecule has 3 aromatic rings. The molecule has 2 aromatic heterocycles. The van der Waals surface area contributed by atoms with Crippen LogP contribution < -0.4 is 5.73 Å². The number of carbonyl (C=O) groups excluding carboxylic acids is 1. The lowest BCUT2D eigenvalue weighted by Gasteiger charge is -2.21. The van der Waals surface area contributed by atoms with Crippen LogP contribution in [0.3, 0.4) is 0 Å². The minimum Gasteiger partial charge on any atom is -0.396 e. The zero-order valence-electron chi connectivity index (χ0n) is 13.5. The van der Waals surface area contributed by atoms with Crippen molar-refractivity contribution < 1.29 is 4.79 Å². The first-order valence-electron chi connectivity index (χ1n) is 8.16. The van der Waals surface area contributed by atoms with Gasteiger partial charge in [-0.15, -0.1) is 5.10 Å². The number of carbonyl (C=O) groups is 1. The number of hydrogen-bond donors (Lipinski definition) is 1. The van der Waals surface area contributed by atoms with Crippen LogP contribution >= 0.6 is 0 Å². The van der Waals surface area contributed by atoms with E-state index >= 15 is 0 Å². The topological polar surface area (TPSA) is 76.5 Å². The molecule has 122 valence electrons. The first kappa shape index (κ1) is 14.7. The van der Waals surface area contributed by atoms with E-state index in [0.717, 1.165) is 24.9 Å². The van der Waals surface area contributed by atoms with Crippen LogP contribution in [0.15, 0.2) is 42.6 Å². The normalized spacial score (nSPS) is 17.5. The second-order valence-electron chi connectivity index (χ2n) is 6.24. The van der Waals surface area contributed by atoms with Gasteiger partial charge in [0.05, 0.1) is 11.3 Å².